The molecule has 0 aliphatic rings. The topological polar surface area (TPSA) is 92.7 Å². The predicted molar refractivity (Wildman–Crippen MR) is 55.7 cm³/mol. The van der Waals surface area contributed by atoms with Crippen LogP contribution in [-0.4, -0.2) is 35.1 Å². The Hall–Kier alpha value is -1.59. The second kappa shape index (κ2) is 6.81. The molecule has 0 radical (unpaired) electrons. The van der Waals surface area contributed by atoms with Crippen LogP contribution in [-0.2, 0) is 19.1 Å². The van der Waals surface area contributed by atoms with E-state index in [-0.39, 0.29) is 18.7 Å². The van der Waals surface area contributed by atoms with Crippen LogP contribution < -0.4 is 5.32 Å². The fourth-order valence-corrected chi connectivity index (χ4v) is 1.31. The number of carbonyl (C=O) groups excluding carboxylic acids is 2. The third kappa shape index (κ3) is 6.80. The summed E-state index contributed by atoms with van der Waals surface area (Å²) in [6.45, 7) is 4.20. The largest absolute Gasteiger partial charge is 0.481 e. The Labute approximate surface area is 94.0 Å². The lowest BCUT2D eigenvalue weighted by atomic mass is 10.1. The van der Waals surface area contributed by atoms with Crippen molar-refractivity contribution >= 4 is 17.8 Å². The fourth-order valence-electron chi connectivity index (χ4n) is 1.31. The second-order valence-electron chi connectivity index (χ2n) is 3.55. The van der Waals surface area contributed by atoms with Gasteiger partial charge in [-0.2, -0.15) is 0 Å². The summed E-state index contributed by atoms with van der Waals surface area (Å²) >= 11 is 0. The first-order valence-electron chi connectivity index (χ1n) is 4.99. The molecule has 0 aromatic heterocycles. The van der Waals surface area contributed by atoms with Crippen molar-refractivity contribution in [3.05, 3.63) is 0 Å². The summed E-state index contributed by atoms with van der Waals surface area (Å²) in [6.07, 6.45) is -0.402. The maximum Gasteiger partial charge on any atom is 0.303 e. The van der Waals surface area contributed by atoms with Crippen LogP contribution >= 0.6 is 0 Å². The van der Waals surface area contributed by atoms with Crippen LogP contribution in [0.3, 0.4) is 0 Å². The van der Waals surface area contributed by atoms with Gasteiger partial charge in [-0.15, -0.1) is 0 Å². The van der Waals surface area contributed by atoms with Crippen molar-refractivity contribution in [1.82, 2.24) is 5.32 Å². The van der Waals surface area contributed by atoms with Crippen LogP contribution in [0.4, 0.5) is 0 Å². The Bertz CT molecular complexity index is 276. The van der Waals surface area contributed by atoms with Crippen LogP contribution in [0.25, 0.3) is 0 Å². The minimum absolute atomic E-state index is 0.0868. The highest BCUT2D eigenvalue weighted by molar-refractivity contribution is 5.73. The monoisotopic (exact) mass is 231 g/mol. The summed E-state index contributed by atoms with van der Waals surface area (Å²) in [6, 6.07) is -0.475. The fraction of sp³-hybridized carbons (Fsp3) is 0.700. The van der Waals surface area contributed by atoms with Gasteiger partial charge in [-0.1, -0.05) is 0 Å². The SMILES string of the molecule is CC(=O)N[C@@H](CCC(=O)O)[C@@H](C)OC(C)=O. The van der Waals surface area contributed by atoms with Gasteiger partial charge in [0.1, 0.15) is 6.10 Å². The number of carboxylic acid groups (broad SMARTS) is 1. The van der Waals surface area contributed by atoms with E-state index in [4.69, 9.17) is 9.84 Å². The number of esters is 1. The van der Waals surface area contributed by atoms with Gasteiger partial charge < -0.3 is 15.2 Å². The van der Waals surface area contributed by atoms with Crippen molar-refractivity contribution in [2.24, 2.45) is 0 Å². The van der Waals surface area contributed by atoms with Crippen molar-refractivity contribution in [3.63, 3.8) is 0 Å². The minimum Gasteiger partial charge on any atom is -0.481 e. The van der Waals surface area contributed by atoms with Crippen LogP contribution in [0.2, 0.25) is 0 Å². The number of hydrogen-bond donors (Lipinski definition) is 2. The molecule has 0 rings (SSSR count). The van der Waals surface area contributed by atoms with Gasteiger partial charge in [0.2, 0.25) is 5.91 Å². The predicted octanol–water partition coefficient (Wildman–Crippen LogP) is 0.307. The van der Waals surface area contributed by atoms with Gasteiger partial charge in [-0.3, -0.25) is 14.4 Å². The molecule has 0 aromatic carbocycles. The summed E-state index contributed by atoms with van der Waals surface area (Å²) in [5.41, 5.74) is 0. The molecule has 0 aromatic rings. The van der Waals surface area contributed by atoms with E-state index in [1.165, 1.54) is 13.8 Å². The Morgan fingerprint density at radius 2 is 1.88 bits per heavy atom. The Kier molecular flexibility index (Phi) is 6.14. The summed E-state index contributed by atoms with van der Waals surface area (Å²) in [4.78, 5) is 32.0. The molecule has 6 nitrogen and oxygen atoms in total. The first kappa shape index (κ1) is 14.4. The van der Waals surface area contributed by atoms with Gasteiger partial charge in [0.05, 0.1) is 6.04 Å². The van der Waals surface area contributed by atoms with Crippen LogP contribution in [0, 0.1) is 0 Å². The number of aliphatic carboxylic acids is 1. The van der Waals surface area contributed by atoms with Gasteiger partial charge in [0, 0.05) is 20.3 Å². The van der Waals surface area contributed by atoms with Gasteiger partial charge >= 0.3 is 11.9 Å². The maximum absolute atomic E-state index is 10.9. The van der Waals surface area contributed by atoms with Gasteiger partial charge in [-0.25, -0.2) is 0 Å². The molecule has 0 heterocycles. The number of nitrogens with one attached hydrogen (secondary N) is 1. The number of hydrogen-bond acceptors (Lipinski definition) is 4. The molecule has 2 atom stereocenters. The maximum atomic E-state index is 10.9. The van der Waals surface area contributed by atoms with Crippen LogP contribution in [0.1, 0.15) is 33.6 Å². The molecule has 92 valence electrons. The summed E-state index contributed by atoms with van der Waals surface area (Å²) in [5.74, 6) is -1.70. The number of ether oxygens (including phenoxy) is 1. The molecular weight excluding hydrogens is 214 g/mol. The number of carboxylic acids is 1. The Morgan fingerprint density at radius 1 is 1.31 bits per heavy atom. The summed E-state index contributed by atoms with van der Waals surface area (Å²) < 4.78 is 4.90. The molecule has 0 bridgehead atoms. The van der Waals surface area contributed by atoms with Gasteiger partial charge in [0.25, 0.3) is 0 Å². The number of rotatable bonds is 6. The van der Waals surface area contributed by atoms with E-state index in [0.29, 0.717) is 0 Å². The van der Waals surface area contributed by atoms with Crippen LogP contribution in [0.15, 0.2) is 0 Å². The third-order valence-electron chi connectivity index (χ3n) is 1.98. The lowest BCUT2D eigenvalue weighted by Gasteiger charge is -2.23. The molecule has 0 aliphatic heterocycles. The van der Waals surface area contributed by atoms with Crippen molar-refractivity contribution < 1.29 is 24.2 Å². The smallest absolute Gasteiger partial charge is 0.303 e. The van der Waals surface area contributed by atoms with E-state index in [0.717, 1.165) is 0 Å². The zero-order valence-electron chi connectivity index (χ0n) is 9.65. The zero-order valence-corrected chi connectivity index (χ0v) is 9.65. The second-order valence-corrected chi connectivity index (χ2v) is 3.55. The lowest BCUT2D eigenvalue weighted by Crippen LogP contribution is -2.43. The van der Waals surface area contributed by atoms with E-state index in [2.05, 4.69) is 5.32 Å². The Morgan fingerprint density at radius 3 is 2.25 bits per heavy atom. The normalized spacial score (nSPS) is 13.7. The van der Waals surface area contributed by atoms with Crippen molar-refractivity contribution in [2.75, 3.05) is 0 Å². The van der Waals surface area contributed by atoms with Crippen molar-refractivity contribution in [1.29, 1.82) is 0 Å². The minimum atomic E-state index is -0.953. The summed E-state index contributed by atoms with van der Waals surface area (Å²) in [5, 5.41) is 11.1. The third-order valence-corrected chi connectivity index (χ3v) is 1.98. The molecule has 1 amide bonds. The molecular formula is C10H17NO5. The van der Waals surface area contributed by atoms with Crippen molar-refractivity contribution in [3.8, 4) is 0 Å². The average molecular weight is 231 g/mol. The number of carbonyl (C=O) groups is 3. The molecule has 16 heavy (non-hydrogen) atoms. The highest BCUT2D eigenvalue weighted by Crippen LogP contribution is 2.07. The molecule has 0 unspecified atom stereocenters. The van der Waals surface area contributed by atoms with Crippen molar-refractivity contribution in [2.45, 2.75) is 45.8 Å². The first-order valence-corrected chi connectivity index (χ1v) is 4.99. The van der Waals surface area contributed by atoms with E-state index in [9.17, 15) is 14.4 Å². The van der Waals surface area contributed by atoms with E-state index in [1.807, 2.05) is 0 Å². The Balaban J connectivity index is 4.33. The van der Waals surface area contributed by atoms with E-state index in [1.54, 1.807) is 6.92 Å². The van der Waals surface area contributed by atoms with Crippen LogP contribution in [0.5, 0.6) is 0 Å². The molecule has 0 spiro atoms. The quantitative estimate of drug-likeness (QED) is 0.642. The highest BCUT2D eigenvalue weighted by atomic mass is 16.5. The first-order chi connectivity index (χ1) is 7.32. The molecule has 6 heteroatoms. The molecule has 0 aliphatic carbocycles. The molecule has 0 fully saturated rings. The zero-order chi connectivity index (χ0) is 12.7. The average Bonchev–Trinajstić information content (AvgIpc) is 2.09. The standard InChI is InChI=1S/C10H17NO5/c1-6(16-8(3)13)9(11-7(2)12)4-5-10(14)15/h6,9H,4-5H2,1-3H3,(H,11,12)(H,14,15)/t6-,9+/m1/s1. The lowest BCUT2D eigenvalue weighted by molar-refractivity contribution is -0.148. The van der Waals surface area contributed by atoms with E-state index >= 15 is 0 Å². The van der Waals surface area contributed by atoms with E-state index < -0.39 is 24.1 Å². The van der Waals surface area contributed by atoms with Gasteiger partial charge in [0.15, 0.2) is 0 Å². The number of amides is 1. The highest BCUT2D eigenvalue weighted by Gasteiger charge is 2.21. The molecule has 2 N–H and O–H groups in total. The summed E-state index contributed by atoms with van der Waals surface area (Å²) in [7, 11) is 0. The molecule has 0 saturated carbocycles. The molecule has 0 saturated heterocycles. The van der Waals surface area contributed by atoms with Gasteiger partial charge in [-0.05, 0) is 13.3 Å².